The van der Waals surface area contributed by atoms with Crippen LogP contribution >= 0.6 is 0 Å². The number of esters is 1. The van der Waals surface area contributed by atoms with Crippen LogP contribution in [-0.2, 0) is 4.74 Å². The lowest BCUT2D eigenvalue weighted by Gasteiger charge is -2.16. The minimum absolute atomic E-state index is 0.103. The van der Waals surface area contributed by atoms with E-state index in [0.29, 0.717) is 5.56 Å². The standard InChI is InChI=1S/C18H21NO2/c1-13(2)21-18(20)16-9-11-17(12-10-16)19-14(3)15-7-5-4-6-8-15/h4-14,19H,1-3H3. The summed E-state index contributed by atoms with van der Waals surface area (Å²) in [5.74, 6) is -0.285. The van der Waals surface area contributed by atoms with Gasteiger partial charge in [-0.05, 0) is 50.6 Å². The summed E-state index contributed by atoms with van der Waals surface area (Å²) in [7, 11) is 0. The molecule has 0 aromatic heterocycles. The van der Waals surface area contributed by atoms with Gasteiger partial charge in [0.15, 0.2) is 0 Å². The lowest BCUT2D eigenvalue weighted by atomic mass is 10.1. The first-order valence-electron chi connectivity index (χ1n) is 7.19. The first-order valence-corrected chi connectivity index (χ1v) is 7.19. The van der Waals surface area contributed by atoms with Crippen molar-refractivity contribution in [3.05, 3.63) is 65.7 Å². The van der Waals surface area contributed by atoms with Crippen LogP contribution < -0.4 is 5.32 Å². The highest BCUT2D eigenvalue weighted by atomic mass is 16.5. The molecule has 0 spiro atoms. The van der Waals surface area contributed by atoms with Gasteiger partial charge in [-0.3, -0.25) is 0 Å². The van der Waals surface area contributed by atoms with Gasteiger partial charge in [-0.15, -0.1) is 0 Å². The zero-order chi connectivity index (χ0) is 15.2. The molecule has 1 unspecified atom stereocenters. The normalized spacial score (nSPS) is 12.0. The van der Waals surface area contributed by atoms with Gasteiger partial charge in [0.1, 0.15) is 0 Å². The Balaban J connectivity index is 2.01. The van der Waals surface area contributed by atoms with Gasteiger partial charge in [-0.2, -0.15) is 0 Å². The van der Waals surface area contributed by atoms with E-state index < -0.39 is 0 Å². The Morgan fingerprint density at radius 3 is 2.14 bits per heavy atom. The van der Waals surface area contributed by atoms with Crippen LogP contribution in [0.4, 0.5) is 5.69 Å². The number of ether oxygens (including phenoxy) is 1. The largest absolute Gasteiger partial charge is 0.459 e. The van der Waals surface area contributed by atoms with Crippen molar-refractivity contribution in [2.24, 2.45) is 0 Å². The van der Waals surface area contributed by atoms with E-state index in [2.05, 4.69) is 24.4 Å². The molecule has 0 radical (unpaired) electrons. The van der Waals surface area contributed by atoms with Crippen molar-refractivity contribution in [1.82, 2.24) is 0 Å². The molecule has 3 heteroatoms. The number of rotatable bonds is 5. The molecular weight excluding hydrogens is 262 g/mol. The van der Waals surface area contributed by atoms with Gasteiger partial charge in [0.2, 0.25) is 0 Å². The van der Waals surface area contributed by atoms with E-state index in [-0.39, 0.29) is 18.1 Å². The SMILES string of the molecule is CC(C)OC(=O)c1ccc(NC(C)c2ccccc2)cc1. The molecule has 0 heterocycles. The average molecular weight is 283 g/mol. The Bertz CT molecular complexity index is 576. The summed E-state index contributed by atoms with van der Waals surface area (Å²) in [5.41, 5.74) is 2.77. The number of nitrogens with one attached hydrogen (secondary N) is 1. The molecule has 0 saturated heterocycles. The van der Waals surface area contributed by atoms with Crippen LogP contribution in [0.2, 0.25) is 0 Å². The summed E-state index contributed by atoms with van der Waals surface area (Å²) >= 11 is 0. The van der Waals surface area contributed by atoms with Crippen molar-refractivity contribution in [3.63, 3.8) is 0 Å². The van der Waals surface area contributed by atoms with E-state index in [1.54, 1.807) is 12.1 Å². The molecule has 21 heavy (non-hydrogen) atoms. The van der Waals surface area contributed by atoms with E-state index in [4.69, 9.17) is 4.74 Å². The second-order valence-electron chi connectivity index (χ2n) is 5.31. The van der Waals surface area contributed by atoms with Gasteiger partial charge >= 0.3 is 5.97 Å². The minimum atomic E-state index is -0.285. The molecule has 0 fully saturated rings. The summed E-state index contributed by atoms with van der Waals surface area (Å²) in [5, 5.41) is 3.41. The fraction of sp³-hybridized carbons (Fsp3) is 0.278. The molecule has 0 aliphatic heterocycles. The molecule has 0 aliphatic carbocycles. The third kappa shape index (κ3) is 4.35. The molecule has 3 nitrogen and oxygen atoms in total. The molecule has 110 valence electrons. The maximum Gasteiger partial charge on any atom is 0.338 e. The number of benzene rings is 2. The van der Waals surface area contributed by atoms with Crippen LogP contribution in [0.5, 0.6) is 0 Å². The predicted octanol–water partition coefficient (Wildman–Crippen LogP) is 4.42. The summed E-state index contributed by atoms with van der Waals surface area (Å²) in [6, 6.07) is 17.8. The van der Waals surface area contributed by atoms with E-state index in [0.717, 1.165) is 5.69 Å². The number of carbonyl (C=O) groups is 1. The van der Waals surface area contributed by atoms with Crippen molar-refractivity contribution >= 4 is 11.7 Å². The second-order valence-corrected chi connectivity index (χ2v) is 5.31. The van der Waals surface area contributed by atoms with E-state index >= 15 is 0 Å². The Morgan fingerprint density at radius 2 is 1.57 bits per heavy atom. The molecule has 0 saturated carbocycles. The summed E-state index contributed by atoms with van der Waals surface area (Å²) in [4.78, 5) is 11.8. The molecular formula is C18H21NO2. The number of carbonyl (C=O) groups excluding carboxylic acids is 1. The van der Waals surface area contributed by atoms with E-state index in [1.165, 1.54) is 5.56 Å². The minimum Gasteiger partial charge on any atom is -0.459 e. The van der Waals surface area contributed by atoms with Crippen molar-refractivity contribution in [1.29, 1.82) is 0 Å². The highest BCUT2D eigenvalue weighted by Crippen LogP contribution is 2.19. The van der Waals surface area contributed by atoms with Gasteiger partial charge in [0.05, 0.1) is 11.7 Å². The Morgan fingerprint density at radius 1 is 0.952 bits per heavy atom. The monoisotopic (exact) mass is 283 g/mol. The summed E-state index contributed by atoms with van der Waals surface area (Å²) < 4.78 is 5.17. The molecule has 0 amide bonds. The zero-order valence-electron chi connectivity index (χ0n) is 12.7. The number of hydrogen-bond acceptors (Lipinski definition) is 3. The molecule has 2 aromatic rings. The van der Waals surface area contributed by atoms with Crippen molar-refractivity contribution in [2.45, 2.75) is 32.9 Å². The summed E-state index contributed by atoms with van der Waals surface area (Å²) in [6.45, 7) is 5.79. The highest BCUT2D eigenvalue weighted by Gasteiger charge is 2.09. The predicted molar refractivity (Wildman–Crippen MR) is 85.5 cm³/mol. The van der Waals surface area contributed by atoms with Crippen LogP contribution in [0, 0.1) is 0 Å². The van der Waals surface area contributed by atoms with Crippen LogP contribution in [0.15, 0.2) is 54.6 Å². The summed E-state index contributed by atoms with van der Waals surface area (Å²) in [6.07, 6.45) is -0.103. The van der Waals surface area contributed by atoms with Crippen LogP contribution in [0.1, 0.15) is 42.7 Å². The second kappa shape index (κ2) is 6.93. The molecule has 1 N–H and O–H groups in total. The molecule has 2 aromatic carbocycles. The van der Waals surface area contributed by atoms with E-state index in [1.807, 2.05) is 44.2 Å². The first kappa shape index (κ1) is 15.1. The molecule has 1 atom stereocenters. The van der Waals surface area contributed by atoms with Crippen molar-refractivity contribution in [3.8, 4) is 0 Å². The smallest absolute Gasteiger partial charge is 0.338 e. The average Bonchev–Trinajstić information content (AvgIpc) is 2.48. The Hall–Kier alpha value is -2.29. The third-order valence-electron chi connectivity index (χ3n) is 3.15. The van der Waals surface area contributed by atoms with Gasteiger partial charge in [0, 0.05) is 11.7 Å². The number of hydrogen-bond donors (Lipinski definition) is 1. The van der Waals surface area contributed by atoms with E-state index in [9.17, 15) is 4.79 Å². The van der Waals surface area contributed by atoms with Crippen LogP contribution in [-0.4, -0.2) is 12.1 Å². The zero-order valence-corrected chi connectivity index (χ0v) is 12.7. The molecule has 0 bridgehead atoms. The highest BCUT2D eigenvalue weighted by molar-refractivity contribution is 5.89. The lowest BCUT2D eigenvalue weighted by molar-refractivity contribution is 0.0378. The fourth-order valence-corrected chi connectivity index (χ4v) is 2.06. The van der Waals surface area contributed by atoms with Crippen molar-refractivity contribution in [2.75, 3.05) is 5.32 Å². The topological polar surface area (TPSA) is 38.3 Å². The van der Waals surface area contributed by atoms with Gasteiger partial charge < -0.3 is 10.1 Å². The van der Waals surface area contributed by atoms with Crippen LogP contribution in [0.3, 0.4) is 0 Å². The van der Waals surface area contributed by atoms with Crippen molar-refractivity contribution < 1.29 is 9.53 Å². The Labute approximate surface area is 126 Å². The third-order valence-corrected chi connectivity index (χ3v) is 3.15. The first-order chi connectivity index (χ1) is 10.1. The Kier molecular flexibility index (Phi) is 4.99. The van der Waals surface area contributed by atoms with Gasteiger partial charge in [-0.25, -0.2) is 4.79 Å². The fourth-order valence-electron chi connectivity index (χ4n) is 2.06. The maximum absolute atomic E-state index is 11.8. The molecule has 0 aliphatic rings. The lowest BCUT2D eigenvalue weighted by Crippen LogP contribution is -2.11. The van der Waals surface area contributed by atoms with Crippen LogP contribution in [0.25, 0.3) is 0 Å². The van der Waals surface area contributed by atoms with Gasteiger partial charge in [0.25, 0.3) is 0 Å². The van der Waals surface area contributed by atoms with Gasteiger partial charge in [-0.1, -0.05) is 30.3 Å². The molecule has 2 rings (SSSR count). The number of anilines is 1. The quantitative estimate of drug-likeness (QED) is 0.825. The maximum atomic E-state index is 11.8.